The average Bonchev–Trinajstić information content (AvgIpc) is 3.18. The summed E-state index contributed by atoms with van der Waals surface area (Å²) >= 11 is 0. The van der Waals surface area contributed by atoms with Crippen molar-refractivity contribution in [1.29, 1.82) is 0 Å². The normalized spacial score (nSPS) is 23.6. The van der Waals surface area contributed by atoms with Crippen molar-refractivity contribution in [3.05, 3.63) is 41.3 Å². The Morgan fingerprint density at radius 2 is 1.97 bits per heavy atom. The Hall–Kier alpha value is -2.35. The lowest BCUT2D eigenvalue weighted by Gasteiger charge is -2.39. The number of morpholine rings is 1. The van der Waals surface area contributed by atoms with E-state index in [0.717, 1.165) is 68.2 Å². The minimum absolute atomic E-state index is 0.0222. The van der Waals surface area contributed by atoms with Gasteiger partial charge in [-0.3, -0.25) is 9.69 Å². The first-order valence-electron chi connectivity index (χ1n) is 11.0. The van der Waals surface area contributed by atoms with Gasteiger partial charge in [-0.15, -0.1) is 0 Å². The molecule has 0 spiro atoms. The minimum Gasteiger partial charge on any atom is -0.379 e. The van der Waals surface area contributed by atoms with Gasteiger partial charge in [0.25, 0.3) is 0 Å². The summed E-state index contributed by atoms with van der Waals surface area (Å²) in [7, 11) is 0. The number of anilines is 1. The molecule has 1 aromatic carbocycles. The maximum atomic E-state index is 12.1. The molecule has 1 saturated heterocycles. The molecule has 1 saturated carbocycles. The van der Waals surface area contributed by atoms with Gasteiger partial charge >= 0.3 is 0 Å². The Morgan fingerprint density at radius 1 is 1.17 bits per heavy atom. The number of nitrogens with one attached hydrogen (secondary N) is 1. The first-order chi connectivity index (χ1) is 14.7. The maximum Gasteiger partial charge on any atom is 0.176 e. The van der Waals surface area contributed by atoms with Crippen LogP contribution in [-0.2, 0) is 11.2 Å². The third kappa shape index (κ3) is 3.73. The van der Waals surface area contributed by atoms with Crippen molar-refractivity contribution in [3.63, 3.8) is 0 Å². The van der Waals surface area contributed by atoms with Crippen molar-refractivity contribution in [2.45, 2.75) is 44.2 Å². The van der Waals surface area contributed by atoms with E-state index in [1.165, 1.54) is 18.4 Å². The van der Waals surface area contributed by atoms with Gasteiger partial charge in [0.15, 0.2) is 5.78 Å². The second-order valence-corrected chi connectivity index (χ2v) is 8.52. The number of nitrogens with two attached hydrogens (primary N) is 1. The lowest BCUT2D eigenvalue weighted by Crippen LogP contribution is -2.46. The highest BCUT2D eigenvalue weighted by Gasteiger charge is 2.29. The summed E-state index contributed by atoms with van der Waals surface area (Å²) < 4.78 is 5.50. The summed E-state index contributed by atoms with van der Waals surface area (Å²) in [5.74, 6) is 0.852. The highest BCUT2D eigenvalue weighted by molar-refractivity contribution is 5.99. The van der Waals surface area contributed by atoms with E-state index in [1.807, 2.05) is 18.2 Å². The summed E-state index contributed by atoms with van der Waals surface area (Å²) in [6, 6.07) is 6.94. The fourth-order valence-electron chi connectivity index (χ4n) is 5.10. The van der Waals surface area contributed by atoms with Crippen molar-refractivity contribution < 1.29 is 9.53 Å². The van der Waals surface area contributed by atoms with E-state index in [2.05, 4.69) is 20.2 Å². The predicted molar refractivity (Wildman–Crippen MR) is 116 cm³/mol. The fraction of sp³-hybridized carbons (Fsp3) is 0.522. The van der Waals surface area contributed by atoms with Crippen LogP contribution >= 0.6 is 0 Å². The molecule has 2 aliphatic carbocycles. The molecule has 2 fully saturated rings. The zero-order valence-electron chi connectivity index (χ0n) is 17.3. The number of carbonyl (C=O) groups is 1. The molecular formula is C23H29N5O2. The van der Waals surface area contributed by atoms with Gasteiger partial charge in [0.1, 0.15) is 12.1 Å². The van der Waals surface area contributed by atoms with Crippen molar-refractivity contribution in [3.8, 4) is 11.1 Å². The average molecular weight is 408 g/mol. The van der Waals surface area contributed by atoms with E-state index in [1.54, 1.807) is 6.33 Å². The van der Waals surface area contributed by atoms with Crippen LogP contribution in [0.2, 0.25) is 0 Å². The summed E-state index contributed by atoms with van der Waals surface area (Å²) in [6.45, 7) is 3.86. The molecule has 30 heavy (non-hydrogen) atoms. The number of benzene rings is 1. The molecule has 2 aromatic rings. The van der Waals surface area contributed by atoms with Gasteiger partial charge < -0.3 is 15.8 Å². The molecule has 0 amide bonds. The molecular weight excluding hydrogens is 378 g/mol. The van der Waals surface area contributed by atoms with Crippen molar-refractivity contribution in [2.75, 3.05) is 38.2 Å². The number of hydrogen-bond acceptors (Lipinski definition) is 7. The molecule has 7 nitrogen and oxygen atoms in total. The van der Waals surface area contributed by atoms with Crippen LogP contribution in [0, 0.1) is 0 Å². The summed E-state index contributed by atoms with van der Waals surface area (Å²) in [5, 5.41) is 3.70. The molecule has 2 heterocycles. The third-order valence-corrected chi connectivity index (χ3v) is 6.77. The Labute approximate surface area is 177 Å². The monoisotopic (exact) mass is 407 g/mol. The number of carbonyl (C=O) groups excluding carboxylic acids is 1. The largest absolute Gasteiger partial charge is 0.379 e. The lowest BCUT2D eigenvalue weighted by molar-refractivity contribution is 0.00791. The molecule has 158 valence electrons. The predicted octanol–water partition coefficient (Wildman–Crippen LogP) is 2.24. The fourth-order valence-corrected chi connectivity index (χ4v) is 5.10. The molecule has 1 aromatic heterocycles. The maximum absolute atomic E-state index is 12.1. The highest BCUT2D eigenvalue weighted by Crippen LogP contribution is 2.40. The van der Waals surface area contributed by atoms with E-state index in [4.69, 9.17) is 10.5 Å². The van der Waals surface area contributed by atoms with Crippen LogP contribution in [0.15, 0.2) is 24.5 Å². The van der Waals surface area contributed by atoms with E-state index < -0.39 is 0 Å². The van der Waals surface area contributed by atoms with E-state index in [-0.39, 0.29) is 12.3 Å². The lowest BCUT2D eigenvalue weighted by atomic mass is 9.89. The third-order valence-electron chi connectivity index (χ3n) is 6.77. The Morgan fingerprint density at radius 3 is 2.73 bits per heavy atom. The highest BCUT2D eigenvalue weighted by atomic mass is 16.5. The van der Waals surface area contributed by atoms with Crippen LogP contribution in [0.4, 0.5) is 5.82 Å². The standard InChI is InChI=1S/C23H29N5O2/c24-13-21(29)16-2-1-15-12-20-22(19(15)11-16)23(26-14-25-20)27-17-3-5-18(6-4-17)28-7-9-30-10-8-28/h1-2,11,14,17-18H,3-10,12-13,24H2,(H,25,26,27). The quantitative estimate of drug-likeness (QED) is 0.627. The van der Waals surface area contributed by atoms with Crippen LogP contribution in [0.3, 0.4) is 0 Å². The van der Waals surface area contributed by atoms with Gasteiger partial charge in [-0.05, 0) is 42.9 Å². The molecule has 0 atom stereocenters. The molecule has 7 heteroatoms. The Balaban J connectivity index is 1.32. The Kier molecular flexibility index (Phi) is 5.50. The number of aromatic nitrogens is 2. The molecule has 0 unspecified atom stereocenters. The topological polar surface area (TPSA) is 93.4 Å². The molecule has 1 aliphatic heterocycles. The number of rotatable bonds is 5. The number of Topliss-reactive ketones (excluding diaryl/α,β-unsaturated/α-hetero) is 1. The van der Waals surface area contributed by atoms with Gasteiger partial charge in [-0.1, -0.05) is 12.1 Å². The van der Waals surface area contributed by atoms with Gasteiger partial charge in [-0.2, -0.15) is 0 Å². The van der Waals surface area contributed by atoms with Crippen molar-refractivity contribution in [2.24, 2.45) is 5.73 Å². The van der Waals surface area contributed by atoms with Gasteiger partial charge in [0, 0.05) is 42.7 Å². The zero-order valence-corrected chi connectivity index (χ0v) is 17.3. The van der Waals surface area contributed by atoms with Gasteiger partial charge in [0.05, 0.1) is 25.5 Å². The molecule has 3 N–H and O–H groups in total. The molecule has 5 rings (SSSR count). The van der Waals surface area contributed by atoms with E-state index in [0.29, 0.717) is 17.6 Å². The van der Waals surface area contributed by atoms with Crippen LogP contribution in [0.25, 0.3) is 11.1 Å². The van der Waals surface area contributed by atoms with E-state index >= 15 is 0 Å². The zero-order chi connectivity index (χ0) is 20.5. The SMILES string of the molecule is NCC(=O)c1ccc2c(c1)-c1c(ncnc1NC1CCC(N3CCOCC3)CC1)C2. The number of ketones is 1. The number of nitrogens with zero attached hydrogens (tertiary/aromatic N) is 3. The van der Waals surface area contributed by atoms with Crippen LogP contribution in [0.1, 0.15) is 47.3 Å². The molecule has 3 aliphatic rings. The smallest absolute Gasteiger partial charge is 0.176 e. The first kappa shape index (κ1) is 19.6. The molecule has 0 bridgehead atoms. The number of ether oxygens (including phenoxy) is 1. The second kappa shape index (κ2) is 8.41. The molecule has 0 radical (unpaired) electrons. The summed E-state index contributed by atoms with van der Waals surface area (Å²) in [4.78, 5) is 23.8. The van der Waals surface area contributed by atoms with Crippen molar-refractivity contribution >= 4 is 11.6 Å². The van der Waals surface area contributed by atoms with Gasteiger partial charge in [0.2, 0.25) is 0 Å². The van der Waals surface area contributed by atoms with Crippen LogP contribution in [-0.4, -0.2) is 65.6 Å². The van der Waals surface area contributed by atoms with Crippen LogP contribution in [0.5, 0.6) is 0 Å². The van der Waals surface area contributed by atoms with E-state index in [9.17, 15) is 4.79 Å². The number of fused-ring (bicyclic) bond motifs is 3. The van der Waals surface area contributed by atoms with Crippen molar-refractivity contribution in [1.82, 2.24) is 14.9 Å². The van der Waals surface area contributed by atoms with Gasteiger partial charge in [-0.25, -0.2) is 9.97 Å². The minimum atomic E-state index is -0.0426. The summed E-state index contributed by atoms with van der Waals surface area (Å²) in [5.41, 5.74) is 10.6. The Bertz CT molecular complexity index is 933. The summed E-state index contributed by atoms with van der Waals surface area (Å²) in [6.07, 6.45) is 7.12. The second-order valence-electron chi connectivity index (χ2n) is 8.52. The first-order valence-corrected chi connectivity index (χ1v) is 11.0. The van der Waals surface area contributed by atoms with Crippen LogP contribution < -0.4 is 11.1 Å². The number of hydrogen-bond donors (Lipinski definition) is 2.